The van der Waals surface area contributed by atoms with Gasteiger partial charge in [0.05, 0.1) is 5.56 Å². The van der Waals surface area contributed by atoms with Gasteiger partial charge in [-0.25, -0.2) is 4.98 Å². The zero-order chi connectivity index (χ0) is 14.5. The van der Waals surface area contributed by atoms with Crippen LogP contribution in [0.3, 0.4) is 0 Å². The van der Waals surface area contributed by atoms with Crippen molar-refractivity contribution in [2.45, 2.75) is 6.42 Å². The predicted octanol–water partition coefficient (Wildman–Crippen LogP) is 2.39. The highest BCUT2D eigenvalue weighted by atomic mass is 35.5. The summed E-state index contributed by atoms with van der Waals surface area (Å²) in [5.41, 5.74) is 0.502. The summed E-state index contributed by atoms with van der Waals surface area (Å²) in [5.74, 6) is 0.396. The number of benzene rings is 1. The van der Waals surface area contributed by atoms with Gasteiger partial charge in [-0.3, -0.25) is 9.00 Å². The van der Waals surface area contributed by atoms with Crippen LogP contribution in [0, 0.1) is 0 Å². The van der Waals surface area contributed by atoms with Gasteiger partial charge in [-0.1, -0.05) is 35.9 Å². The SMILES string of the molecule is CS(=O)CCCNC(=O)c1cnc(Cl)c2ccccc12. The van der Waals surface area contributed by atoms with Crippen LogP contribution in [-0.2, 0) is 10.8 Å². The number of halogens is 1. The number of fused-ring (bicyclic) bond motifs is 1. The first kappa shape index (κ1) is 14.9. The Hall–Kier alpha value is -1.46. The lowest BCUT2D eigenvalue weighted by Crippen LogP contribution is -2.25. The van der Waals surface area contributed by atoms with E-state index in [9.17, 15) is 9.00 Å². The maximum atomic E-state index is 12.1. The molecule has 0 saturated carbocycles. The molecule has 1 heterocycles. The molecule has 0 radical (unpaired) electrons. The molecule has 20 heavy (non-hydrogen) atoms. The summed E-state index contributed by atoms with van der Waals surface area (Å²) in [7, 11) is -0.831. The summed E-state index contributed by atoms with van der Waals surface area (Å²) in [6, 6.07) is 7.39. The van der Waals surface area contributed by atoms with Gasteiger partial charge in [0.25, 0.3) is 5.91 Å². The van der Waals surface area contributed by atoms with E-state index in [0.717, 1.165) is 10.8 Å². The van der Waals surface area contributed by atoms with E-state index in [1.807, 2.05) is 24.3 Å². The van der Waals surface area contributed by atoms with Gasteiger partial charge >= 0.3 is 0 Å². The smallest absolute Gasteiger partial charge is 0.253 e. The molecule has 1 aromatic heterocycles. The molecule has 0 aliphatic heterocycles. The number of pyridine rings is 1. The Bertz CT molecular complexity index is 661. The minimum atomic E-state index is -0.831. The van der Waals surface area contributed by atoms with Gasteiger partial charge in [0.1, 0.15) is 5.15 Å². The Morgan fingerprint density at radius 1 is 1.35 bits per heavy atom. The maximum absolute atomic E-state index is 12.1. The Kier molecular flexibility index (Phi) is 5.09. The second-order valence-corrected chi connectivity index (χ2v) is 6.31. The van der Waals surface area contributed by atoms with Crippen LogP contribution >= 0.6 is 11.6 Å². The number of hydrogen-bond donors (Lipinski definition) is 1. The first-order valence-electron chi connectivity index (χ1n) is 6.21. The Morgan fingerprint density at radius 3 is 2.75 bits per heavy atom. The molecule has 2 aromatic rings. The molecule has 0 spiro atoms. The summed E-state index contributed by atoms with van der Waals surface area (Å²) in [6.45, 7) is 0.495. The van der Waals surface area contributed by atoms with Crippen LogP contribution < -0.4 is 5.32 Å². The van der Waals surface area contributed by atoms with Crippen molar-refractivity contribution in [3.63, 3.8) is 0 Å². The van der Waals surface area contributed by atoms with Gasteiger partial charge in [0.15, 0.2) is 0 Å². The third-order valence-corrected chi connectivity index (χ3v) is 4.05. The van der Waals surface area contributed by atoms with E-state index < -0.39 is 10.8 Å². The number of carbonyl (C=O) groups excluding carboxylic acids is 1. The number of nitrogens with zero attached hydrogens (tertiary/aromatic N) is 1. The van der Waals surface area contributed by atoms with E-state index in [4.69, 9.17) is 11.6 Å². The molecule has 0 aliphatic rings. The number of hydrogen-bond acceptors (Lipinski definition) is 3. The van der Waals surface area contributed by atoms with Crippen molar-refractivity contribution in [2.75, 3.05) is 18.6 Å². The van der Waals surface area contributed by atoms with Crippen LogP contribution in [0.1, 0.15) is 16.8 Å². The van der Waals surface area contributed by atoms with E-state index in [-0.39, 0.29) is 5.91 Å². The third-order valence-electron chi connectivity index (χ3n) is 2.89. The molecule has 2 rings (SSSR count). The highest BCUT2D eigenvalue weighted by Gasteiger charge is 2.12. The van der Waals surface area contributed by atoms with Crippen molar-refractivity contribution in [2.24, 2.45) is 0 Å². The summed E-state index contributed by atoms with van der Waals surface area (Å²) in [4.78, 5) is 16.2. The molecule has 106 valence electrons. The van der Waals surface area contributed by atoms with Crippen LogP contribution in [-0.4, -0.2) is 33.7 Å². The average molecular weight is 311 g/mol. The van der Waals surface area contributed by atoms with E-state index in [1.54, 1.807) is 6.26 Å². The second kappa shape index (κ2) is 6.81. The molecule has 0 aliphatic carbocycles. The summed E-state index contributed by atoms with van der Waals surface area (Å²) < 4.78 is 10.9. The zero-order valence-electron chi connectivity index (χ0n) is 11.1. The summed E-state index contributed by atoms with van der Waals surface area (Å²) in [6.07, 6.45) is 3.82. The van der Waals surface area contributed by atoms with Gasteiger partial charge in [-0.15, -0.1) is 0 Å². The third kappa shape index (κ3) is 3.55. The standard InChI is InChI=1S/C14H15ClN2O2S/c1-20(19)8-4-7-16-14(18)12-9-17-13(15)11-6-3-2-5-10(11)12/h2-3,5-6,9H,4,7-8H2,1H3,(H,16,18). The Balaban J connectivity index is 2.14. The molecule has 1 aromatic carbocycles. The largest absolute Gasteiger partial charge is 0.352 e. The number of carbonyl (C=O) groups is 1. The van der Waals surface area contributed by atoms with Crippen LogP contribution in [0.4, 0.5) is 0 Å². The number of amides is 1. The highest BCUT2D eigenvalue weighted by Crippen LogP contribution is 2.23. The zero-order valence-corrected chi connectivity index (χ0v) is 12.6. The van der Waals surface area contributed by atoms with Gasteiger partial charge < -0.3 is 5.32 Å². The normalized spacial score (nSPS) is 12.3. The van der Waals surface area contributed by atoms with Crippen LogP contribution in [0.15, 0.2) is 30.5 Å². The van der Waals surface area contributed by atoms with E-state index in [0.29, 0.717) is 29.4 Å². The average Bonchev–Trinajstić information content (AvgIpc) is 2.44. The van der Waals surface area contributed by atoms with E-state index >= 15 is 0 Å². The molecule has 0 fully saturated rings. The Labute approximate surface area is 125 Å². The quantitative estimate of drug-likeness (QED) is 0.681. The molecule has 0 saturated heterocycles. The first-order chi connectivity index (χ1) is 9.59. The minimum absolute atomic E-state index is 0.188. The van der Waals surface area contributed by atoms with Crippen molar-refractivity contribution in [3.8, 4) is 0 Å². The first-order valence-corrected chi connectivity index (χ1v) is 8.31. The van der Waals surface area contributed by atoms with Gasteiger partial charge in [0.2, 0.25) is 0 Å². The van der Waals surface area contributed by atoms with E-state index in [1.165, 1.54) is 6.20 Å². The topological polar surface area (TPSA) is 59.1 Å². The molecule has 1 unspecified atom stereocenters. The number of rotatable bonds is 5. The van der Waals surface area contributed by atoms with Crippen LogP contribution in [0.5, 0.6) is 0 Å². The fraction of sp³-hybridized carbons (Fsp3) is 0.286. The summed E-state index contributed by atoms with van der Waals surface area (Å²) in [5, 5.41) is 4.74. The molecular formula is C14H15ClN2O2S. The maximum Gasteiger partial charge on any atom is 0.253 e. The second-order valence-electron chi connectivity index (χ2n) is 4.40. The lowest BCUT2D eigenvalue weighted by molar-refractivity contribution is 0.0955. The van der Waals surface area contributed by atoms with Crippen molar-refractivity contribution in [3.05, 3.63) is 41.2 Å². The van der Waals surface area contributed by atoms with Crippen LogP contribution in [0.2, 0.25) is 5.15 Å². The van der Waals surface area contributed by atoms with Crippen LogP contribution in [0.25, 0.3) is 10.8 Å². The minimum Gasteiger partial charge on any atom is -0.352 e. The fourth-order valence-electron chi connectivity index (χ4n) is 1.91. The highest BCUT2D eigenvalue weighted by molar-refractivity contribution is 7.84. The van der Waals surface area contributed by atoms with Gasteiger partial charge in [-0.05, 0) is 11.8 Å². The molecular weight excluding hydrogens is 296 g/mol. The molecule has 6 heteroatoms. The summed E-state index contributed by atoms with van der Waals surface area (Å²) >= 11 is 6.02. The molecule has 1 atom stereocenters. The molecule has 4 nitrogen and oxygen atoms in total. The van der Waals surface area contributed by atoms with Gasteiger partial charge in [0, 0.05) is 40.9 Å². The molecule has 1 N–H and O–H groups in total. The van der Waals surface area contributed by atoms with E-state index in [2.05, 4.69) is 10.3 Å². The lowest BCUT2D eigenvalue weighted by Gasteiger charge is -2.08. The molecule has 0 bridgehead atoms. The van der Waals surface area contributed by atoms with Crippen molar-refractivity contribution in [1.82, 2.24) is 10.3 Å². The lowest BCUT2D eigenvalue weighted by atomic mass is 10.1. The number of aromatic nitrogens is 1. The van der Waals surface area contributed by atoms with Crippen molar-refractivity contribution in [1.29, 1.82) is 0 Å². The van der Waals surface area contributed by atoms with Crippen molar-refractivity contribution >= 4 is 39.1 Å². The fourth-order valence-corrected chi connectivity index (χ4v) is 2.68. The predicted molar refractivity (Wildman–Crippen MR) is 82.6 cm³/mol. The monoisotopic (exact) mass is 310 g/mol. The van der Waals surface area contributed by atoms with Gasteiger partial charge in [-0.2, -0.15) is 0 Å². The van der Waals surface area contributed by atoms with Crippen molar-refractivity contribution < 1.29 is 9.00 Å². The Morgan fingerprint density at radius 2 is 2.05 bits per heavy atom. The molecule has 1 amide bonds. The number of nitrogens with one attached hydrogen (secondary N) is 1.